The van der Waals surface area contributed by atoms with E-state index in [-0.39, 0.29) is 5.41 Å². The van der Waals surface area contributed by atoms with Gasteiger partial charge in [0.2, 0.25) is 0 Å². The topological polar surface area (TPSA) is 34.0 Å². The summed E-state index contributed by atoms with van der Waals surface area (Å²) in [6.07, 6.45) is 8.43. The van der Waals surface area contributed by atoms with E-state index in [1.54, 1.807) is 7.11 Å². The minimum Gasteiger partial charge on any atom is -0.379 e. The number of nitrogens with zero attached hydrogens (tertiary/aromatic N) is 1. The molecule has 1 aliphatic heterocycles. The molecule has 0 bridgehead atoms. The average molecular weight is 321 g/mol. The first kappa shape index (κ1) is 17.0. The molecule has 0 aromatic heterocycles. The SMILES string of the molecule is COCC[NH+]1CC2=C(CC(C)(C)CC2=O)N(C2CCCCC2)C1. The lowest BCUT2D eigenvalue weighted by Gasteiger charge is -2.47. The predicted molar refractivity (Wildman–Crippen MR) is 91.2 cm³/mol. The molecule has 1 unspecified atom stereocenters. The van der Waals surface area contributed by atoms with Crippen molar-refractivity contribution in [2.75, 3.05) is 33.5 Å². The number of quaternary nitrogens is 1. The fourth-order valence-electron chi connectivity index (χ4n) is 4.60. The Labute approximate surface area is 140 Å². The average Bonchev–Trinajstić information content (AvgIpc) is 2.52. The molecule has 0 aromatic carbocycles. The Balaban J connectivity index is 1.86. The highest BCUT2D eigenvalue weighted by Gasteiger charge is 2.41. The maximum Gasteiger partial charge on any atom is 0.166 e. The van der Waals surface area contributed by atoms with Gasteiger partial charge in [-0.3, -0.25) is 4.79 Å². The number of ketones is 1. The zero-order valence-corrected chi connectivity index (χ0v) is 15.1. The standard InChI is InChI=1S/C19H32N2O2/c1-19(2)11-17-16(18(22)12-19)13-20(9-10-23-3)14-21(17)15-7-5-4-6-8-15/h15H,4-14H2,1-3H3/p+1. The Morgan fingerprint density at radius 2 is 1.96 bits per heavy atom. The van der Waals surface area contributed by atoms with E-state index in [1.807, 2.05) is 0 Å². The van der Waals surface area contributed by atoms with Crippen molar-refractivity contribution in [2.24, 2.45) is 5.41 Å². The van der Waals surface area contributed by atoms with E-state index in [2.05, 4.69) is 18.7 Å². The van der Waals surface area contributed by atoms with E-state index in [0.717, 1.165) is 38.4 Å². The monoisotopic (exact) mass is 321 g/mol. The Hall–Kier alpha value is -0.870. The minimum atomic E-state index is 0.118. The highest BCUT2D eigenvalue weighted by atomic mass is 16.5. The molecule has 3 aliphatic rings. The molecule has 1 saturated carbocycles. The van der Waals surface area contributed by atoms with Crippen molar-refractivity contribution < 1.29 is 14.4 Å². The summed E-state index contributed by atoms with van der Waals surface area (Å²) in [4.78, 5) is 16.9. The van der Waals surface area contributed by atoms with Crippen LogP contribution in [0.1, 0.15) is 58.8 Å². The van der Waals surface area contributed by atoms with E-state index in [1.165, 1.54) is 42.7 Å². The molecule has 1 atom stereocenters. The predicted octanol–water partition coefficient (Wildman–Crippen LogP) is 1.77. The van der Waals surface area contributed by atoms with Gasteiger partial charge < -0.3 is 14.5 Å². The number of rotatable bonds is 4. The number of ether oxygens (including phenoxy) is 1. The van der Waals surface area contributed by atoms with Gasteiger partial charge in [0, 0.05) is 25.3 Å². The number of Topliss-reactive ketones (excluding diaryl/α,β-unsaturated/α-hetero) is 1. The molecule has 0 saturated heterocycles. The third-order valence-electron chi connectivity index (χ3n) is 5.81. The number of methoxy groups -OCH3 is 1. The minimum absolute atomic E-state index is 0.118. The van der Waals surface area contributed by atoms with Gasteiger partial charge in [0.05, 0.1) is 12.2 Å². The number of nitrogens with one attached hydrogen (secondary N) is 1. The molecular weight excluding hydrogens is 288 g/mol. The van der Waals surface area contributed by atoms with Crippen LogP contribution in [0.5, 0.6) is 0 Å². The van der Waals surface area contributed by atoms with Crippen LogP contribution in [0.25, 0.3) is 0 Å². The lowest BCUT2D eigenvalue weighted by atomic mass is 9.74. The van der Waals surface area contributed by atoms with Crippen LogP contribution in [-0.2, 0) is 9.53 Å². The summed E-state index contributed by atoms with van der Waals surface area (Å²) in [7, 11) is 1.77. The van der Waals surface area contributed by atoms with Gasteiger partial charge in [-0.05, 0) is 24.7 Å². The van der Waals surface area contributed by atoms with Crippen LogP contribution in [0, 0.1) is 5.41 Å². The molecule has 1 heterocycles. The van der Waals surface area contributed by atoms with Crippen LogP contribution in [0.15, 0.2) is 11.3 Å². The molecule has 1 N–H and O–H groups in total. The van der Waals surface area contributed by atoms with Gasteiger partial charge in [-0.25, -0.2) is 0 Å². The second-order valence-corrected chi connectivity index (χ2v) is 8.46. The van der Waals surface area contributed by atoms with E-state index >= 15 is 0 Å². The largest absolute Gasteiger partial charge is 0.379 e. The molecule has 130 valence electrons. The zero-order valence-electron chi connectivity index (χ0n) is 15.1. The van der Waals surface area contributed by atoms with Crippen molar-refractivity contribution >= 4 is 5.78 Å². The Morgan fingerprint density at radius 3 is 2.65 bits per heavy atom. The lowest BCUT2D eigenvalue weighted by molar-refractivity contribution is -0.908. The molecule has 0 radical (unpaired) electrons. The zero-order chi connectivity index (χ0) is 16.4. The summed E-state index contributed by atoms with van der Waals surface area (Å²) in [5.41, 5.74) is 2.64. The summed E-state index contributed by atoms with van der Waals surface area (Å²) in [6.45, 7) is 8.21. The molecule has 4 nitrogen and oxygen atoms in total. The summed E-state index contributed by atoms with van der Waals surface area (Å²) in [6, 6.07) is 0.647. The van der Waals surface area contributed by atoms with Crippen molar-refractivity contribution in [1.29, 1.82) is 0 Å². The van der Waals surface area contributed by atoms with Crippen molar-refractivity contribution in [3.05, 3.63) is 11.3 Å². The van der Waals surface area contributed by atoms with E-state index in [0.29, 0.717) is 18.2 Å². The number of carbonyl (C=O) groups excluding carboxylic acids is 1. The van der Waals surface area contributed by atoms with Crippen LogP contribution >= 0.6 is 0 Å². The molecule has 0 spiro atoms. The van der Waals surface area contributed by atoms with E-state index in [4.69, 9.17) is 4.74 Å². The molecule has 23 heavy (non-hydrogen) atoms. The van der Waals surface area contributed by atoms with Crippen LogP contribution in [0.2, 0.25) is 0 Å². The smallest absolute Gasteiger partial charge is 0.166 e. The summed E-state index contributed by atoms with van der Waals surface area (Å²) < 4.78 is 5.28. The van der Waals surface area contributed by atoms with Crippen molar-refractivity contribution in [3.8, 4) is 0 Å². The third-order valence-corrected chi connectivity index (χ3v) is 5.81. The Kier molecular flexibility index (Phi) is 5.12. The number of hydrogen-bond donors (Lipinski definition) is 1. The van der Waals surface area contributed by atoms with Gasteiger partial charge in [0.25, 0.3) is 0 Å². The van der Waals surface area contributed by atoms with E-state index < -0.39 is 0 Å². The number of allylic oxidation sites excluding steroid dienone is 1. The molecular formula is C19H33N2O2+. The maximum absolute atomic E-state index is 12.8. The van der Waals surface area contributed by atoms with Crippen LogP contribution in [0.4, 0.5) is 0 Å². The quantitative estimate of drug-likeness (QED) is 0.857. The van der Waals surface area contributed by atoms with Gasteiger partial charge in [-0.2, -0.15) is 0 Å². The molecule has 1 fully saturated rings. The fraction of sp³-hybridized carbons (Fsp3) is 0.842. The van der Waals surface area contributed by atoms with E-state index in [9.17, 15) is 4.79 Å². The molecule has 2 aliphatic carbocycles. The van der Waals surface area contributed by atoms with Gasteiger partial charge in [-0.1, -0.05) is 33.1 Å². The first-order chi connectivity index (χ1) is 11.0. The summed E-state index contributed by atoms with van der Waals surface area (Å²) in [5.74, 6) is 0.395. The lowest BCUT2D eigenvalue weighted by Crippen LogP contribution is -3.15. The highest BCUT2D eigenvalue weighted by molar-refractivity contribution is 5.97. The second-order valence-electron chi connectivity index (χ2n) is 8.46. The van der Waals surface area contributed by atoms with Gasteiger partial charge >= 0.3 is 0 Å². The van der Waals surface area contributed by atoms with Crippen molar-refractivity contribution in [3.63, 3.8) is 0 Å². The van der Waals surface area contributed by atoms with Gasteiger partial charge in [0.15, 0.2) is 12.5 Å². The summed E-state index contributed by atoms with van der Waals surface area (Å²) >= 11 is 0. The first-order valence-electron chi connectivity index (χ1n) is 9.34. The molecule has 0 aromatic rings. The third kappa shape index (κ3) is 3.80. The second kappa shape index (κ2) is 6.94. The number of carbonyl (C=O) groups is 1. The van der Waals surface area contributed by atoms with Crippen LogP contribution < -0.4 is 4.90 Å². The highest BCUT2D eigenvalue weighted by Crippen LogP contribution is 2.40. The summed E-state index contributed by atoms with van der Waals surface area (Å²) in [5, 5.41) is 0. The van der Waals surface area contributed by atoms with Crippen LogP contribution in [-0.4, -0.2) is 50.2 Å². The van der Waals surface area contributed by atoms with Gasteiger partial charge in [0.1, 0.15) is 13.1 Å². The first-order valence-corrected chi connectivity index (χ1v) is 9.34. The van der Waals surface area contributed by atoms with Crippen molar-refractivity contribution in [1.82, 2.24) is 4.90 Å². The van der Waals surface area contributed by atoms with Crippen molar-refractivity contribution in [2.45, 2.75) is 64.8 Å². The fourth-order valence-corrected chi connectivity index (χ4v) is 4.60. The molecule has 0 amide bonds. The normalized spacial score (nSPS) is 28.9. The Bertz CT molecular complexity index is 478. The molecule has 3 rings (SSSR count). The Morgan fingerprint density at radius 1 is 1.22 bits per heavy atom. The maximum atomic E-state index is 12.8. The van der Waals surface area contributed by atoms with Crippen LogP contribution in [0.3, 0.4) is 0 Å². The molecule has 4 heteroatoms. The number of hydrogen-bond acceptors (Lipinski definition) is 3. The van der Waals surface area contributed by atoms with Gasteiger partial charge in [-0.15, -0.1) is 0 Å².